The lowest BCUT2D eigenvalue weighted by Gasteiger charge is -2.18. The van der Waals surface area contributed by atoms with E-state index >= 15 is 0 Å². The topological polar surface area (TPSA) is 21.5 Å². The molecule has 0 aliphatic rings. The number of carbonyl (C=O) groups is 1. The average Bonchev–Trinajstić information content (AvgIpc) is 2.46. The van der Waals surface area contributed by atoms with Gasteiger partial charge in [-0.15, -0.1) is 0 Å². The van der Waals surface area contributed by atoms with E-state index in [9.17, 15) is 4.79 Å². The van der Waals surface area contributed by atoms with E-state index in [1.165, 1.54) is 4.90 Å². The molecule has 2 heteroatoms. The minimum absolute atomic E-state index is 0.0754. The molecule has 2 rings (SSSR count). The van der Waals surface area contributed by atoms with Crippen LogP contribution in [-0.4, -0.2) is 26.4 Å². The van der Waals surface area contributed by atoms with Crippen LogP contribution in [-0.2, 0) is 0 Å². The molecule has 0 saturated carbocycles. The summed E-state index contributed by atoms with van der Waals surface area (Å²) in [5.41, 5.74) is 1.88. The second-order valence-corrected chi connectivity index (χ2v) is 5.10. The molecule has 0 saturated heterocycles. The molecule has 0 bridgehead atoms. The molecule has 0 amide bonds. The number of quaternary nitrogens is 1. The van der Waals surface area contributed by atoms with E-state index in [-0.39, 0.29) is 11.7 Å². The van der Waals surface area contributed by atoms with Crippen molar-refractivity contribution >= 4 is 5.78 Å². The van der Waals surface area contributed by atoms with Gasteiger partial charge in [-0.1, -0.05) is 60.7 Å². The van der Waals surface area contributed by atoms with Crippen molar-refractivity contribution in [3.63, 3.8) is 0 Å². The molecule has 0 unspecified atom stereocenters. The summed E-state index contributed by atoms with van der Waals surface area (Å²) in [6.45, 7) is 0.803. The number of hydrogen-bond acceptors (Lipinski definition) is 1. The molecule has 0 fully saturated rings. The van der Waals surface area contributed by atoms with Gasteiger partial charge in [0.1, 0.15) is 0 Å². The lowest BCUT2D eigenvalue weighted by molar-refractivity contribution is -0.858. The molecule has 2 aromatic rings. The summed E-state index contributed by atoms with van der Waals surface area (Å²) in [5, 5.41) is 0. The van der Waals surface area contributed by atoms with E-state index < -0.39 is 0 Å². The molecule has 19 heavy (non-hydrogen) atoms. The molecule has 2 nitrogen and oxygen atoms in total. The van der Waals surface area contributed by atoms with E-state index in [1.807, 2.05) is 60.7 Å². The molecule has 0 aliphatic heterocycles. The average molecular weight is 254 g/mol. The van der Waals surface area contributed by atoms with Crippen LogP contribution < -0.4 is 4.90 Å². The van der Waals surface area contributed by atoms with Crippen LogP contribution in [0.3, 0.4) is 0 Å². The molecular formula is C17H20NO+. The fraction of sp³-hybridized carbons (Fsp3) is 0.235. The smallest absolute Gasteiger partial charge is 0.175 e. The van der Waals surface area contributed by atoms with Crippen molar-refractivity contribution in [2.45, 2.75) is 5.92 Å². The maximum absolute atomic E-state index is 12.7. The second kappa shape index (κ2) is 6.30. The number of carbonyl (C=O) groups excluding carboxylic acids is 1. The quantitative estimate of drug-likeness (QED) is 0.807. The highest BCUT2D eigenvalue weighted by Crippen LogP contribution is 2.19. The van der Waals surface area contributed by atoms with Crippen LogP contribution in [0.4, 0.5) is 0 Å². The van der Waals surface area contributed by atoms with Crippen LogP contribution in [0.1, 0.15) is 21.8 Å². The standard InChI is InChI=1S/C17H19NO/c1-18(2)13-16(14-9-5-3-6-10-14)17(19)15-11-7-4-8-12-15/h3-12,16H,13H2,1-2H3/p+1/t16-/m0/s1. The Morgan fingerprint density at radius 2 is 1.47 bits per heavy atom. The largest absolute Gasteiger partial charge is 0.339 e. The Bertz CT molecular complexity index is 519. The van der Waals surface area contributed by atoms with Crippen LogP contribution in [0, 0.1) is 0 Å². The van der Waals surface area contributed by atoms with Crippen LogP contribution in [0.5, 0.6) is 0 Å². The number of benzene rings is 2. The Morgan fingerprint density at radius 3 is 2.00 bits per heavy atom. The summed E-state index contributed by atoms with van der Waals surface area (Å²) in [6, 6.07) is 19.6. The number of ketones is 1. The predicted octanol–water partition coefficient (Wildman–Crippen LogP) is 1.80. The van der Waals surface area contributed by atoms with Gasteiger partial charge in [0.2, 0.25) is 0 Å². The Morgan fingerprint density at radius 1 is 0.947 bits per heavy atom. The van der Waals surface area contributed by atoms with Crippen molar-refractivity contribution in [2.24, 2.45) is 0 Å². The van der Waals surface area contributed by atoms with Crippen molar-refractivity contribution in [3.8, 4) is 0 Å². The van der Waals surface area contributed by atoms with Gasteiger partial charge < -0.3 is 4.90 Å². The lowest BCUT2D eigenvalue weighted by Crippen LogP contribution is -3.06. The van der Waals surface area contributed by atoms with Gasteiger partial charge in [0.05, 0.1) is 26.6 Å². The van der Waals surface area contributed by atoms with Crippen molar-refractivity contribution < 1.29 is 9.69 Å². The van der Waals surface area contributed by atoms with Crippen LogP contribution in [0.2, 0.25) is 0 Å². The summed E-state index contributed by atoms with van der Waals surface area (Å²) in [5.74, 6) is 0.126. The Hall–Kier alpha value is -1.93. The van der Waals surface area contributed by atoms with E-state index in [0.29, 0.717) is 0 Å². The zero-order valence-corrected chi connectivity index (χ0v) is 11.5. The first-order valence-electron chi connectivity index (χ1n) is 6.61. The summed E-state index contributed by atoms with van der Waals surface area (Å²) in [7, 11) is 4.16. The SMILES string of the molecule is C[NH+](C)C[C@H](C(=O)c1ccccc1)c1ccccc1. The van der Waals surface area contributed by atoms with Gasteiger partial charge in [0.15, 0.2) is 5.78 Å². The number of nitrogens with one attached hydrogen (secondary N) is 1. The van der Waals surface area contributed by atoms with Gasteiger partial charge in [0.25, 0.3) is 0 Å². The van der Waals surface area contributed by atoms with Gasteiger partial charge in [0, 0.05) is 5.56 Å². The number of Topliss-reactive ketones (excluding diaryl/α,β-unsaturated/α-hetero) is 1. The highest BCUT2D eigenvalue weighted by atomic mass is 16.1. The van der Waals surface area contributed by atoms with Crippen molar-refractivity contribution in [2.75, 3.05) is 20.6 Å². The third kappa shape index (κ3) is 3.52. The van der Waals surface area contributed by atoms with Gasteiger partial charge >= 0.3 is 0 Å². The van der Waals surface area contributed by atoms with Crippen LogP contribution in [0.25, 0.3) is 0 Å². The maximum atomic E-state index is 12.7. The first kappa shape index (κ1) is 13.5. The minimum atomic E-state index is -0.0754. The lowest BCUT2D eigenvalue weighted by atomic mass is 9.90. The molecule has 0 heterocycles. The van der Waals surface area contributed by atoms with Gasteiger partial charge in [-0.05, 0) is 5.56 Å². The summed E-state index contributed by atoms with van der Waals surface area (Å²) in [4.78, 5) is 13.9. The van der Waals surface area contributed by atoms with Gasteiger partial charge in [-0.3, -0.25) is 4.79 Å². The van der Waals surface area contributed by atoms with E-state index in [4.69, 9.17) is 0 Å². The minimum Gasteiger partial charge on any atom is -0.339 e. The Balaban J connectivity index is 2.31. The fourth-order valence-corrected chi connectivity index (χ4v) is 2.26. The van der Waals surface area contributed by atoms with Crippen molar-refractivity contribution in [1.29, 1.82) is 0 Å². The summed E-state index contributed by atoms with van der Waals surface area (Å²) >= 11 is 0. The predicted molar refractivity (Wildman–Crippen MR) is 77.6 cm³/mol. The third-order valence-electron chi connectivity index (χ3n) is 3.19. The first-order valence-corrected chi connectivity index (χ1v) is 6.61. The molecule has 0 spiro atoms. The fourth-order valence-electron chi connectivity index (χ4n) is 2.26. The van der Waals surface area contributed by atoms with Crippen LogP contribution >= 0.6 is 0 Å². The normalized spacial score (nSPS) is 12.4. The highest BCUT2D eigenvalue weighted by Gasteiger charge is 2.24. The van der Waals surface area contributed by atoms with E-state index in [1.54, 1.807) is 0 Å². The summed E-state index contributed by atoms with van der Waals surface area (Å²) in [6.07, 6.45) is 0. The molecule has 98 valence electrons. The van der Waals surface area contributed by atoms with Crippen molar-refractivity contribution in [3.05, 3.63) is 71.8 Å². The second-order valence-electron chi connectivity index (χ2n) is 5.10. The Kier molecular flexibility index (Phi) is 4.48. The molecule has 2 aromatic carbocycles. The molecule has 1 N–H and O–H groups in total. The summed E-state index contributed by atoms with van der Waals surface area (Å²) < 4.78 is 0. The Labute approximate surface area is 114 Å². The maximum Gasteiger partial charge on any atom is 0.175 e. The van der Waals surface area contributed by atoms with Gasteiger partial charge in [-0.25, -0.2) is 0 Å². The zero-order chi connectivity index (χ0) is 13.7. The van der Waals surface area contributed by atoms with Crippen molar-refractivity contribution in [1.82, 2.24) is 0 Å². The highest BCUT2D eigenvalue weighted by molar-refractivity contribution is 6.01. The van der Waals surface area contributed by atoms with Gasteiger partial charge in [-0.2, -0.15) is 0 Å². The third-order valence-corrected chi connectivity index (χ3v) is 3.19. The van der Waals surface area contributed by atoms with Crippen LogP contribution in [0.15, 0.2) is 60.7 Å². The molecule has 0 radical (unpaired) electrons. The number of hydrogen-bond donors (Lipinski definition) is 1. The molecule has 0 aromatic heterocycles. The molecule has 1 atom stereocenters. The molecule has 0 aliphatic carbocycles. The zero-order valence-electron chi connectivity index (χ0n) is 11.5. The molecular weight excluding hydrogens is 234 g/mol. The number of likely N-dealkylation sites (N-methyl/N-ethyl adjacent to an activating group) is 1. The monoisotopic (exact) mass is 254 g/mol. The van der Waals surface area contributed by atoms with E-state index in [2.05, 4.69) is 14.1 Å². The number of rotatable bonds is 5. The first-order chi connectivity index (χ1) is 9.18. The van der Waals surface area contributed by atoms with E-state index in [0.717, 1.165) is 17.7 Å².